The van der Waals surface area contributed by atoms with E-state index in [1.54, 1.807) is 0 Å². The number of rotatable bonds is 4. The Morgan fingerprint density at radius 3 is 2.93 bits per heavy atom. The van der Waals surface area contributed by atoms with Crippen molar-refractivity contribution in [3.05, 3.63) is 12.0 Å². The maximum Gasteiger partial charge on any atom is 0.358 e. The van der Waals surface area contributed by atoms with Crippen LogP contribution in [0.2, 0.25) is 0 Å². The van der Waals surface area contributed by atoms with Gasteiger partial charge in [0.25, 0.3) is 0 Å². The summed E-state index contributed by atoms with van der Waals surface area (Å²) in [5.74, 6) is -1.50. The molecule has 8 nitrogen and oxygen atoms in total. The second kappa shape index (κ2) is 3.94. The van der Waals surface area contributed by atoms with Gasteiger partial charge in [0.05, 0.1) is 0 Å². The van der Waals surface area contributed by atoms with E-state index in [1.165, 1.54) is 7.05 Å². The predicted octanol–water partition coefficient (Wildman–Crippen LogP) is -0.0884. The molecule has 14 heavy (non-hydrogen) atoms. The molecule has 0 saturated carbocycles. The number of carbonyl (C=O) groups is 1. The fourth-order valence-electron chi connectivity index (χ4n) is 0.934. The number of nitrogens with zero attached hydrogens (tertiary/aromatic N) is 3. The smallest absolute Gasteiger partial charge is 0.358 e. The minimum Gasteiger partial charge on any atom is -0.476 e. The zero-order valence-electron chi connectivity index (χ0n) is 7.30. The molecule has 1 atom stereocenters. The van der Waals surface area contributed by atoms with Gasteiger partial charge in [0, 0.05) is 0 Å². The summed E-state index contributed by atoms with van der Waals surface area (Å²) in [5, 5.41) is 23.4. The Labute approximate surface area is 78.7 Å². The fourth-order valence-corrected chi connectivity index (χ4v) is 0.934. The van der Waals surface area contributed by atoms with Crippen LogP contribution in [0.15, 0.2) is 11.4 Å². The molecular formula is C6H9N5O3. The molecule has 0 fully saturated rings. The minimum atomic E-state index is -1.29. The van der Waals surface area contributed by atoms with Gasteiger partial charge in [-0.1, -0.05) is 0 Å². The highest BCUT2D eigenvalue weighted by Gasteiger charge is 2.19. The number of aromatic nitrogens is 2. The SMILES string of the molecule is CNC(O)n1cnc(C(=O)O)c1N=N. The van der Waals surface area contributed by atoms with Gasteiger partial charge in [0.15, 0.2) is 17.9 Å². The molecule has 0 radical (unpaired) electrons. The second-order valence-electron chi connectivity index (χ2n) is 2.40. The van der Waals surface area contributed by atoms with Gasteiger partial charge < -0.3 is 10.2 Å². The van der Waals surface area contributed by atoms with E-state index < -0.39 is 12.3 Å². The number of aromatic carboxylic acids is 1. The van der Waals surface area contributed by atoms with E-state index in [1.807, 2.05) is 0 Å². The largest absolute Gasteiger partial charge is 0.476 e. The average molecular weight is 199 g/mol. The number of carboxylic acids is 1. The van der Waals surface area contributed by atoms with Crippen LogP contribution in [0.1, 0.15) is 16.8 Å². The number of imidazole rings is 1. The van der Waals surface area contributed by atoms with Crippen LogP contribution < -0.4 is 5.32 Å². The van der Waals surface area contributed by atoms with Gasteiger partial charge in [-0.25, -0.2) is 15.3 Å². The molecule has 0 saturated heterocycles. The van der Waals surface area contributed by atoms with Crippen molar-refractivity contribution in [1.29, 1.82) is 5.53 Å². The molecule has 76 valence electrons. The van der Waals surface area contributed by atoms with Crippen molar-refractivity contribution in [3.63, 3.8) is 0 Å². The molecule has 0 aromatic carbocycles. The minimum absolute atomic E-state index is 0.209. The highest BCUT2D eigenvalue weighted by Crippen LogP contribution is 2.20. The summed E-state index contributed by atoms with van der Waals surface area (Å²) in [6.45, 7) is 0. The standard InChI is InChI=1S/C6H9N5O3/c1-8-6(14)11-2-9-3(5(12)13)4(11)10-7/h2,6-8,14H,1H3,(H,12,13). The van der Waals surface area contributed by atoms with Gasteiger partial charge in [-0.15, -0.1) is 5.11 Å². The molecule has 1 unspecified atom stereocenters. The number of aliphatic hydroxyl groups excluding tert-OH is 1. The van der Waals surface area contributed by atoms with E-state index in [2.05, 4.69) is 15.4 Å². The van der Waals surface area contributed by atoms with E-state index in [0.29, 0.717) is 0 Å². The van der Waals surface area contributed by atoms with E-state index in [9.17, 15) is 9.90 Å². The maximum atomic E-state index is 10.6. The van der Waals surface area contributed by atoms with Crippen LogP contribution in [0.3, 0.4) is 0 Å². The van der Waals surface area contributed by atoms with Crippen molar-refractivity contribution in [3.8, 4) is 0 Å². The van der Waals surface area contributed by atoms with Gasteiger partial charge in [0.1, 0.15) is 6.33 Å². The summed E-state index contributed by atoms with van der Waals surface area (Å²) >= 11 is 0. The number of hydrogen-bond donors (Lipinski definition) is 4. The Balaban J connectivity index is 3.20. The average Bonchev–Trinajstić information content (AvgIpc) is 2.59. The third kappa shape index (κ3) is 1.60. The Bertz CT molecular complexity index is 360. The summed E-state index contributed by atoms with van der Waals surface area (Å²) < 4.78 is 1.04. The lowest BCUT2D eigenvalue weighted by Crippen LogP contribution is -2.21. The number of hydrogen-bond acceptors (Lipinski definition) is 6. The normalized spacial score (nSPS) is 12.4. The van der Waals surface area contributed by atoms with E-state index in [4.69, 9.17) is 10.6 Å². The van der Waals surface area contributed by atoms with Crippen LogP contribution in [-0.4, -0.2) is 32.8 Å². The van der Waals surface area contributed by atoms with Crippen molar-refractivity contribution >= 4 is 11.8 Å². The highest BCUT2D eigenvalue weighted by atomic mass is 16.4. The number of aliphatic hydroxyl groups is 1. The van der Waals surface area contributed by atoms with E-state index >= 15 is 0 Å². The van der Waals surface area contributed by atoms with Crippen LogP contribution in [-0.2, 0) is 0 Å². The zero-order valence-corrected chi connectivity index (χ0v) is 7.30. The zero-order chi connectivity index (χ0) is 10.7. The molecule has 8 heteroatoms. The van der Waals surface area contributed by atoms with Crippen molar-refractivity contribution < 1.29 is 15.0 Å². The van der Waals surface area contributed by atoms with E-state index in [0.717, 1.165) is 10.9 Å². The van der Waals surface area contributed by atoms with Crippen molar-refractivity contribution in [2.24, 2.45) is 5.11 Å². The van der Waals surface area contributed by atoms with Crippen molar-refractivity contribution in [2.75, 3.05) is 7.05 Å². The fraction of sp³-hybridized carbons (Fsp3) is 0.333. The Hall–Kier alpha value is -1.80. The summed E-state index contributed by atoms with van der Waals surface area (Å²) in [4.78, 5) is 14.1. The monoisotopic (exact) mass is 199 g/mol. The molecule has 1 heterocycles. The lowest BCUT2D eigenvalue weighted by atomic mass is 10.4. The molecule has 0 spiro atoms. The van der Waals surface area contributed by atoms with Crippen LogP contribution in [0, 0.1) is 5.53 Å². The molecule has 1 rings (SSSR count). The second-order valence-corrected chi connectivity index (χ2v) is 2.40. The first-order valence-corrected chi connectivity index (χ1v) is 3.64. The molecule has 1 aromatic heterocycles. The molecule has 0 aliphatic heterocycles. The first-order valence-electron chi connectivity index (χ1n) is 3.64. The topological polar surface area (TPSA) is 124 Å². The van der Waals surface area contributed by atoms with Gasteiger partial charge in [-0.2, -0.15) is 0 Å². The Morgan fingerprint density at radius 1 is 1.86 bits per heavy atom. The number of carboxylic acid groups (broad SMARTS) is 1. The van der Waals surface area contributed by atoms with E-state index in [-0.39, 0.29) is 11.5 Å². The lowest BCUT2D eigenvalue weighted by Gasteiger charge is -2.10. The Morgan fingerprint density at radius 2 is 2.50 bits per heavy atom. The van der Waals surface area contributed by atoms with Crippen LogP contribution in [0.25, 0.3) is 0 Å². The lowest BCUT2D eigenvalue weighted by molar-refractivity contribution is 0.0689. The van der Waals surface area contributed by atoms with Crippen LogP contribution in [0.4, 0.5) is 5.82 Å². The quantitative estimate of drug-likeness (QED) is 0.398. The molecule has 0 amide bonds. The van der Waals surface area contributed by atoms with Gasteiger partial charge in [-0.05, 0) is 7.05 Å². The number of nitrogens with one attached hydrogen (secondary N) is 2. The summed E-state index contributed by atoms with van der Waals surface area (Å²) in [5.41, 5.74) is 6.40. The molecule has 0 bridgehead atoms. The third-order valence-corrected chi connectivity index (χ3v) is 1.60. The molecular weight excluding hydrogens is 190 g/mol. The summed E-state index contributed by atoms with van der Waals surface area (Å²) in [6, 6.07) is 0. The predicted molar refractivity (Wildman–Crippen MR) is 44.3 cm³/mol. The van der Waals surface area contributed by atoms with Crippen LogP contribution in [0.5, 0.6) is 0 Å². The summed E-state index contributed by atoms with van der Waals surface area (Å²) in [7, 11) is 1.47. The summed E-state index contributed by atoms with van der Waals surface area (Å²) in [6.07, 6.45) is -0.0578. The van der Waals surface area contributed by atoms with Crippen molar-refractivity contribution in [1.82, 2.24) is 14.9 Å². The molecule has 1 aromatic rings. The van der Waals surface area contributed by atoms with Crippen LogP contribution >= 0.6 is 0 Å². The first kappa shape index (κ1) is 10.3. The first-order chi connectivity index (χ1) is 6.61. The molecule has 0 aliphatic rings. The molecule has 0 aliphatic carbocycles. The van der Waals surface area contributed by atoms with Gasteiger partial charge >= 0.3 is 5.97 Å². The molecule has 4 N–H and O–H groups in total. The Kier molecular flexibility index (Phi) is 2.89. The highest BCUT2D eigenvalue weighted by molar-refractivity contribution is 5.90. The third-order valence-electron chi connectivity index (χ3n) is 1.60. The van der Waals surface area contributed by atoms with Gasteiger partial charge in [0.2, 0.25) is 0 Å². The maximum absolute atomic E-state index is 10.6. The van der Waals surface area contributed by atoms with Gasteiger partial charge in [-0.3, -0.25) is 9.88 Å². The van der Waals surface area contributed by atoms with Crippen molar-refractivity contribution in [2.45, 2.75) is 6.35 Å².